The van der Waals surface area contributed by atoms with Gasteiger partial charge in [0.2, 0.25) is 5.91 Å². The van der Waals surface area contributed by atoms with Gasteiger partial charge in [0.05, 0.1) is 4.92 Å². The van der Waals surface area contributed by atoms with Crippen molar-refractivity contribution in [2.24, 2.45) is 0 Å². The predicted molar refractivity (Wildman–Crippen MR) is 84.4 cm³/mol. The van der Waals surface area contributed by atoms with Gasteiger partial charge in [-0.2, -0.15) is 0 Å². The van der Waals surface area contributed by atoms with E-state index in [1.807, 2.05) is 0 Å². The van der Waals surface area contributed by atoms with Crippen LogP contribution < -0.4 is 10.2 Å². The van der Waals surface area contributed by atoms with E-state index in [2.05, 4.69) is 5.32 Å². The zero-order chi connectivity index (χ0) is 16.3. The molecule has 1 amide bonds. The average Bonchev–Trinajstić information content (AvgIpc) is 2.77. The first-order chi connectivity index (χ1) is 10.4. The molecule has 8 heteroatoms. The van der Waals surface area contributed by atoms with E-state index in [4.69, 9.17) is 0 Å². The lowest BCUT2D eigenvalue weighted by Crippen LogP contribution is -2.20. The summed E-state index contributed by atoms with van der Waals surface area (Å²) in [7, 11) is 0. The highest BCUT2D eigenvalue weighted by Crippen LogP contribution is 2.22. The van der Waals surface area contributed by atoms with Gasteiger partial charge in [0.25, 0.3) is 5.69 Å². The van der Waals surface area contributed by atoms with Crippen LogP contribution in [0.4, 0.5) is 11.4 Å². The number of thiazole rings is 1. The molecule has 2 aromatic rings. The van der Waals surface area contributed by atoms with Crippen molar-refractivity contribution in [3.05, 3.63) is 54.6 Å². The molecule has 1 aromatic heterocycles. The lowest BCUT2D eigenvalue weighted by molar-refractivity contribution is -0.385. The minimum atomic E-state index is -0.487. The number of nitro benzene ring substituents is 1. The molecule has 1 N–H and O–H groups in total. The van der Waals surface area contributed by atoms with Crippen LogP contribution in [-0.2, 0) is 11.3 Å². The van der Waals surface area contributed by atoms with Crippen LogP contribution in [0.1, 0.15) is 17.7 Å². The molecule has 1 aromatic carbocycles. The molecule has 0 unspecified atom stereocenters. The van der Waals surface area contributed by atoms with E-state index in [1.54, 1.807) is 31.4 Å². The van der Waals surface area contributed by atoms with Crippen LogP contribution in [0.2, 0.25) is 0 Å². The fraction of sp³-hybridized carbons (Fsp3) is 0.286. The van der Waals surface area contributed by atoms with Gasteiger partial charge in [-0.1, -0.05) is 17.4 Å². The summed E-state index contributed by atoms with van der Waals surface area (Å²) in [6.45, 7) is 3.72. The maximum atomic E-state index is 11.9. The number of aromatic nitrogens is 1. The summed E-state index contributed by atoms with van der Waals surface area (Å²) in [6.07, 6.45) is 0.124. The Morgan fingerprint density at radius 3 is 2.73 bits per heavy atom. The second kappa shape index (κ2) is 6.52. The molecule has 0 aliphatic heterocycles. The smallest absolute Gasteiger partial charge is 0.307 e. The minimum Gasteiger partial charge on any atom is -0.326 e. The fourth-order valence-corrected chi connectivity index (χ4v) is 2.76. The summed E-state index contributed by atoms with van der Waals surface area (Å²) in [5.74, 6) is -0.296. The second-order valence-corrected chi connectivity index (χ2v) is 5.67. The maximum absolute atomic E-state index is 11.9. The number of carbonyl (C=O) groups is 1. The van der Waals surface area contributed by atoms with Gasteiger partial charge in [-0.15, -0.1) is 0 Å². The number of aryl methyl sites for hydroxylation is 2. The summed E-state index contributed by atoms with van der Waals surface area (Å²) in [5, 5.41) is 15.2. The van der Waals surface area contributed by atoms with Crippen LogP contribution in [0.5, 0.6) is 0 Å². The molecule has 0 saturated heterocycles. The number of anilines is 1. The van der Waals surface area contributed by atoms with Gasteiger partial charge >= 0.3 is 4.87 Å². The molecule has 2 rings (SSSR count). The van der Waals surface area contributed by atoms with Crippen LogP contribution in [0, 0.1) is 24.0 Å². The lowest BCUT2D eigenvalue weighted by atomic mass is 10.2. The quantitative estimate of drug-likeness (QED) is 0.676. The van der Waals surface area contributed by atoms with Gasteiger partial charge in [0.15, 0.2) is 0 Å². The molecule has 0 fully saturated rings. The van der Waals surface area contributed by atoms with Crippen molar-refractivity contribution < 1.29 is 9.72 Å². The highest BCUT2D eigenvalue weighted by molar-refractivity contribution is 7.07. The van der Waals surface area contributed by atoms with Gasteiger partial charge in [0.1, 0.15) is 0 Å². The average molecular weight is 321 g/mol. The summed E-state index contributed by atoms with van der Waals surface area (Å²) in [6, 6.07) is 4.53. The summed E-state index contributed by atoms with van der Waals surface area (Å²) >= 11 is 1.09. The largest absolute Gasteiger partial charge is 0.326 e. The van der Waals surface area contributed by atoms with Crippen LogP contribution in [-0.4, -0.2) is 15.4 Å². The molecule has 0 radical (unpaired) electrons. The molecule has 0 atom stereocenters. The molecule has 0 saturated carbocycles. The summed E-state index contributed by atoms with van der Waals surface area (Å²) in [4.78, 5) is 33.7. The number of nitrogens with one attached hydrogen (secondary N) is 1. The van der Waals surface area contributed by atoms with E-state index >= 15 is 0 Å². The Kier molecular flexibility index (Phi) is 4.71. The number of nitro groups is 1. The topological polar surface area (TPSA) is 94.2 Å². The van der Waals surface area contributed by atoms with E-state index in [0.717, 1.165) is 17.0 Å². The Labute approximate surface area is 130 Å². The number of carbonyl (C=O) groups excluding carboxylic acids is 1. The van der Waals surface area contributed by atoms with Crippen molar-refractivity contribution in [2.75, 3.05) is 5.32 Å². The summed E-state index contributed by atoms with van der Waals surface area (Å²) < 4.78 is 1.53. The first kappa shape index (κ1) is 15.9. The molecule has 1 heterocycles. The third-order valence-corrected chi connectivity index (χ3v) is 4.11. The zero-order valence-electron chi connectivity index (χ0n) is 12.2. The predicted octanol–water partition coefficient (Wildman–Crippen LogP) is 2.46. The first-order valence-corrected chi connectivity index (χ1v) is 7.46. The van der Waals surface area contributed by atoms with Crippen LogP contribution in [0.3, 0.4) is 0 Å². The maximum Gasteiger partial charge on any atom is 0.307 e. The minimum absolute atomic E-state index is 0.0392. The third kappa shape index (κ3) is 3.59. The Balaban J connectivity index is 2.02. The van der Waals surface area contributed by atoms with Crippen LogP contribution >= 0.6 is 11.3 Å². The molecule has 0 bridgehead atoms. The van der Waals surface area contributed by atoms with Gasteiger partial charge in [-0.3, -0.25) is 19.7 Å². The van der Waals surface area contributed by atoms with E-state index in [-0.39, 0.29) is 29.4 Å². The van der Waals surface area contributed by atoms with Crippen molar-refractivity contribution in [1.29, 1.82) is 0 Å². The highest BCUT2D eigenvalue weighted by atomic mass is 32.1. The second-order valence-electron chi connectivity index (χ2n) is 4.85. The summed E-state index contributed by atoms with van der Waals surface area (Å²) in [5.41, 5.74) is 1.68. The fourth-order valence-electron chi connectivity index (χ4n) is 2.00. The van der Waals surface area contributed by atoms with Crippen LogP contribution in [0.15, 0.2) is 28.4 Å². The lowest BCUT2D eigenvalue weighted by Gasteiger charge is -2.07. The Bertz CT molecular complexity index is 779. The van der Waals surface area contributed by atoms with Crippen molar-refractivity contribution in [3.63, 3.8) is 0 Å². The molecule has 0 spiro atoms. The highest BCUT2D eigenvalue weighted by Gasteiger charge is 2.13. The number of hydrogen-bond donors (Lipinski definition) is 1. The molecule has 22 heavy (non-hydrogen) atoms. The number of rotatable bonds is 5. The van der Waals surface area contributed by atoms with Crippen molar-refractivity contribution in [1.82, 2.24) is 4.57 Å². The van der Waals surface area contributed by atoms with E-state index in [0.29, 0.717) is 11.3 Å². The monoisotopic (exact) mass is 321 g/mol. The van der Waals surface area contributed by atoms with Gasteiger partial charge in [-0.05, 0) is 19.9 Å². The molecular formula is C14H15N3O4S. The Morgan fingerprint density at radius 1 is 1.41 bits per heavy atom. The number of benzene rings is 1. The SMILES string of the molecule is Cc1ccc(NC(=O)CCn2c(C)csc2=O)cc1[N+](=O)[O-]. The normalized spacial score (nSPS) is 10.5. The van der Waals surface area contributed by atoms with Crippen molar-refractivity contribution in [2.45, 2.75) is 26.8 Å². The zero-order valence-corrected chi connectivity index (χ0v) is 13.0. The van der Waals surface area contributed by atoms with E-state index < -0.39 is 4.92 Å². The number of amides is 1. The van der Waals surface area contributed by atoms with Gasteiger partial charge in [0, 0.05) is 41.4 Å². The van der Waals surface area contributed by atoms with Gasteiger partial charge < -0.3 is 9.88 Å². The Morgan fingerprint density at radius 2 is 2.14 bits per heavy atom. The van der Waals surface area contributed by atoms with Crippen molar-refractivity contribution >= 4 is 28.6 Å². The van der Waals surface area contributed by atoms with Crippen molar-refractivity contribution in [3.8, 4) is 0 Å². The van der Waals surface area contributed by atoms with E-state index in [1.165, 1.54) is 10.6 Å². The standard InChI is InChI=1S/C14H15N3O4S/c1-9-3-4-11(7-12(9)17(20)21)15-13(18)5-6-16-10(2)8-22-14(16)19/h3-4,7-8H,5-6H2,1-2H3,(H,15,18). The first-order valence-electron chi connectivity index (χ1n) is 6.58. The third-order valence-electron chi connectivity index (χ3n) is 3.23. The molecular weight excluding hydrogens is 306 g/mol. The number of hydrogen-bond acceptors (Lipinski definition) is 5. The van der Waals surface area contributed by atoms with E-state index in [9.17, 15) is 19.7 Å². The van der Waals surface area contributed by atoms with Gasteiger partial charge in [-0.25, -0.2) is 0 Å². The Hall–Kier alpha value is -2.48. The molecule has 0 aliphatic rings. The molecule has 116 valence electrons. The molecule has 0 aliphatic carbocycles. The number of nitrogens with zero attached hydrogens (tertiary/aromatic N) is 2. The molecule has 7 nitrogen and oxygen atoms in total. The van der Waals surface area contributed by atoms with Crippen LogP contribution in [0.25, 0.3) is 0 Å².